The zero-order valence-corrected chi connectivity index (χ0v) is 11.3. The van der Waals surface area contributed by atoms with E-state index in [1.54, 1.807) is 0 Å². The van der Waals surface area contributed by atoms with Crippen molar-refractivity contribution >= 4 is 12.0 Å². The van der Waals surface area contributed by atoms with Crippen LogP contribution in [0, 0.1) is 5.92 Å². The van der Waals surface area contributed by atoms with Crippen LogP contribution in [0.5, 0.6) is 0 Å². The summed E-state index contributed by atoms with van der Waals surface area (Å²) in [6.07, 6.45) is 3.49. The summed E-state index contributed by atoms with van der Waals surface area (Å²) >= 11 is 0. The summed E-state index contributed by atoms with van der Waals surface area (Å²) in [5.41, 5.74) is 1.23. The van der Waals surface area contributed by atoms with E-state index in [1.807, 2.05) is 30.3 Å². The molecule has 3 N–H and O–H groups in total. The molecule has 1 saturated carbocycles. The van der Waals surface area contributed by atoms with Crippen LogP contribution in [0.15, 0.2) is 30.3 Å². The highest BCUT2D eigenvalue weighted by atomic mass is 16.4. The standard InChI is InChI=1S/C15H20N2O3/c18-14(19)13(12-8-9-12)17-15(20)16-10-4-7-11-5-2-1-3-6-11/h1-3,5-6,12-13H,4,7-10H2,(H,18,19)(H2,16,17,20). The molecule has 5 heteroatoms. The molecule has 0 radical (unpaired) electrons. The third-order valence-corrected chi connectivity index (χ3v) is 3.42. The van der Waals surface area contributed by atoms with Crippen LogP contribution in [-0.2, 0) is 11.2 Å². The number of hydrogen-bond donors (Lipinski definition) is 3. The van der Waals surface area contributed by atoms with Crippen LogP contribution < -0.4 is 10.6 Å². The monoisotopic (exact) mass is 276 g/mol. The zero-order chi connectivity index (χ0) is 14.4. The van der Waals surface area contributed by atoms with Crippen LogP contribution in [-0.4, -0.2) is 29.7 Å². The average molecular weight is 276 g/mol. The first-order chi connectivity index (χ1) is 9.66. The van der Waals surface area contributed by atoms with Gasteiger partial charge < -0.3 is 15.7 Å². The molecule has 2 amide bonds. The van der Waals surface area contributed by atoms with E-state index in [2.05, 4.69) is 10.6 Å². The normalized spacial score (nSPS) is 15.4. The fourth-order valence-corrected chi connectivity index (χ4v) is 2.14. The van der Waals surface area contributed by atoms with Gasteiger partial charge in [-0.05, 0) is 37.2 Å². The second-order valence-electron chi connectivity index (χ2n) is 5.14. The summed E-state index contributed by atoms with van der Waals surface area (Å²) in [4.78, 5) is 22.6. The zero-order valence-electron chi connectivity index (χ0n) is 11.3. The van der Waals surface area contributed by atoms with Crippen molar-refractivity contribution in [3.8, 4) is 0 Å². The smallest absolute Gasteiger partial charge is 0.326 e. The van der Waals surface area contributed by atoms with Crippen molar-refractivity contribution < 1.29 is 14.7 Å². The molecule has 1 atom stereocenters. The Kier molecular flexibility index (Phi) is 4.98. The number of aryl methyl sites for hydroxylation is 1. The van der Waals surface area contributed by atoms with Crippen LogP contribution in [0.1, 0.15) is 24.8 Å². The third-order valence-electron chi connectivity index (χ3n) is 3.42. The number of urea groups is 1. The maximum Gasteiger partial charge on any atom is 0.326 e. The molecule has 0 saturated heterocycles. The van der Waals surface area contributed by atoms with Gasteiger partial charge in [0.05, 0.1) is 0 Å². The molecule has 0 heterocycles. The SMILES string of the molecule is O=C(NCCCc1ccccc1)NC(C(=O)O)C1CC1. The second kappa shape index (κ2) is 6.93. The first-order valence-electron chi connectivity index (χ1n) is 6.98. The topological polar surface area (TPSA) is 78.4 Å². The van der Waals surface area contributed by atoms with Crippen molar-refractivity contribution in [1.29, 1.82) is 0 Å². The van der Waals surface area contributed by atoms with E-state index < -0.39 is 18.0 Å². The molecular formula is C15H20N2O3. The molecular weight excluding hydrogens is 256 g/mol. The van der Waals surface area contributed by atoms with E-state index in [-0.39, 0.29) is 5.92 Å². The van der Waals surface area contributed by atoms with Gasteiger partial charge in [0.25, 0.3) is 0 Å². The van der Waals surface area contributed by atoms with Gasteiger partial charge >= 0.3 is 12.0 Å². The van der Waals surface area contributed by atoms with Crippen molar-refractivity contribution in [2.75, 3.05) is 6.54 Å². The number of amides is 2. The van der Waals surface area contributed by atoms with Gasteiger partial charge in [-0.3, -0.25) is 0 Å². The van der Waals surface area contributed by atoms with E-state index in [0.29, 0.717) is 6.54 Å². The molecule has 1 aliphatic rings. The summed E-state index contributed by atoms with van der Waals surface area (Å²) in [7, 11) is 0. The Balaban J connectivity index is 1.63. The first-order valence-corrected chi connectivity index (χ1v) is 6.98. The largest absolute Gasteiger partial charge is 0.480 e. The van der Waals surface area contributed by atoms with Gasteiger partial charge in [0.1, 0.15) is 6.04 Å². The molecule has 1 aromatic carbocycles. The van der Waals surface area contributed by atoms with Crippen molar-refractivity contribution in [2.24, 2.45) is 5.92 Å². The molecule has 1 fully saturated rings. The number of carbonyl (C=O) groups excluding carboxylic acids is 1. The minimum Gasteiger partial charge on any atom is -0.480 e. The van der Waals surface area contributed by atoms with Crippen LogP contribution in [0.2, 0.25) is 0 Å². The van der Waals surface area contributed by atoms with Gasteiger partial charge in [-0.15, -0.1) is 0 Å². The van der Waals surface area contributed by atoms with Crippen LogP contribution in [0.25, 0.3) is 0 Å². The van der Waals surface area contributed by atoms with Crippen molar-refractivity contribution in [2.45, 2.75) is 31.7 Å². The number of aliphatic carboxylic acids is 1. The predicted octanol–water partition coefficient (Wildman–Crippen LogP) is 1.78. The van der Waals surface area contributed by atoms with Crippen LogP contribution in [0.3, 0.4) is 0 Å². The lowest BCUT2D eigenvalue weighted by molar-refractivity contribution is -0.139. The lowest BCUT2D eigenvalue weighted by Crippen LogP contribution is -2.47. The molecule has 0 aromatic heterocycles. The Morgan fingerprint density at radius 2 is 1.95 bits per heavy atom. The molecule has 0 spiro atoms. The lowest BCUT2D eigenvalue weighted by atomic mass is 10.1. The Morgan fingerprint density at radius 3 is 2.55 bits per heavy atom. The molecule has 1 aliphatic carbocycles. The van der Waals surface area contributed by atoms with Gasteiger partial charge in [0, 0.05) is 6.54 Å². The van der Waals surface area contributed by atoms with Gasteiger partial charge in [0.15, 0.2) is 0 Å². The summed E-state index contributed by atoms with van der Waals surface area (Å²) in [6.45, 7) is 0.539. The lowest BCUT2D eigenvalue weighted by Gasteiger charge is -2.14. The molecule has 108 valence electrons. The van der Waals surface area contributed by atoms with E-state index >= 15 is 0 Å². The van der Waals surface area contributed by atoms with Crippen molar-refractivity contribution in [3.05, 3.63) is 35.9 Å². The van der Waals surface area contributed by atoms with Crippen molar-refractivity contribution in [1.82, 2.24) is 10.6 Å². The number of hydrogen-bond acceptors (Lipinski definition) is 2. The number of carboxylic acids is 1. The number of rotatable bonds is 7. The number of carbonyl (C=O) groups is 2. The molecule has 5 nitrogen and oxygen atoms in total. The first kappa shape index (κ1) is 14.4. The third kappa shape index (κ3) is 4.57. The van der Waals surface area contributed by atoms with E-state index in [9.17, 15) is 9.59 Å². The Labute approximate surface area is 118 Å². The molecule has 20 heavy (non-hydrogen) atoms. The molecule has 0 bridgehead atoms. The highest BCUT2D eigenvalue weighted by Gasteiger charge is 2.37. The summed E-state index contributed by atoms with van der Waals surface area (Å²) in [6, 6.07) is 8.91. The van der Waals surface area contributed by atoms with Gasteiger partial charge in [-0.2, -0.15) is 0 Å². The number of nitrogens with one attached hydrogen (secondary N) is 2. The second-order valence-corrected chi connectivity index (χ2v) is 5.14. The highest BCUT2D eigenvalue weighted by molar-refractivity contribution is 5.83. The molecule has 0 aliphatic heterocycles. The fourth-order valence-electron chi connectivity index (χ4n) is 2.14. The number of benzene rings is 1. The Bertz CT molecular complexity index is 457. The predicted molar refractivity (Wildman–Crippen MR) is 75.4 cm³/mol. The summed E-state index contributed by atoms with van der Waals surface area (Å²) in [5.74, 6) is -0.852. The van der Waals surface area contributed by atoms with Gasteiger partial charge in [-0.25, -0.2) is 9.59 Å². The maximum atomic E-state index is 11.6. The van der Waals surface area contributed by atoms with Gasteiger partial charge in [0.2, 0.25) is 0 Å². The molecule has 1 aromatic rings. The molecule has 2 rings (SSSR count). The van der Waals surface area contributed by atoms with Crippen LogP contribution in [0.4, 0.5) is 4.79 Å². The number of carboxylic acid groups (broad SMARTS) is 1. The van der Waals surface area contributed by atoms with Gasteiger partial charge in [-0.1, -0.05) is 30.3 Å². The highest BCUT2D eigenvalue weighted by Crippen LogP contribution is 2.32. The fraction of sp³-hybridized carbons (Fsp3) is 0.467. The average Bonchev–Trinajstić information content (AvgIpc) is 3.26. The maximum absolute atomic E-state index is 11.6. The van der Waals surface area contributed by atoms with Crippen LogP contribution >= 0.6 is 0 Å². The van der Waals surface area contributed by atoms with Crippen molar-refractivity contribution in [3.63, 3.8) is 0 Å². The Morgan fingerprint density at radius 1 is 1.25 bits per heavy atom. The Hall–Kier alpha value is -2.04. The summed E-state index contributed by atoms with van der Waals surface area (Å²) in [5, 5.41) is 14.2. The summed E-state index contributed by atoms with van der Waals surface area (Å²) < 4.78 is 0. The minimum absolute atomic E-state index is 0.0996. The van der Waals surface area contributed by atoms with E-state index in [0.717, 1.165) is 25.7 Å². The quantitative estimate of drug-likeness (QED) is 0.664. The molecule has 1 unspecified atom stereocenters. The minimum atomic E-state index is -0.952. The van der Waals surface area contributed by atoms with E-state index in [1.165, 1.54) is 5.56 Å². The van der Waals surface area contributed by atoms with E-state index in [4.69, 9.17) is 5.11 Å².